The molecule has 0 atom stereocenters. The van der Waals surface area contributed by atoms with Crippen LogP contribution in [0.15, 0.2) is 48.7 Å². The van der Waals surface area contributed by atoms with Crippen LogP contribution in [-0.4, -0.2) is 37.7 Å². The second-order valence-corrected chi connectivity index (χ2v) is 5.19. The first-order valence-electron chi connectivity index (χ1n) is 7.80. The smallest absolute Gasteiger partial charge is 0.251 e. The summed E-state index contributed by atoms with van der Waals surface area (Å²) in [5.41, 5.74) is 1.93. The molecule has 2 N–H and O–H groups in total. The van der Waals surface area contributed by atoms with E-state index in [1.807, 2.05) is 6.07 Å². The summed E-state index contributed by atoms with van der Waals surface area (Å²) in [6.07, 6.45) is 3.67. The third-order valence-corrected chi connectivity index (χ3v) is 3.41. The molecular formula is C18H23N3O2. The van der Waals surface area contributed by atoms with Gasteiger partial charge in [-0.3, -0.25) is 4.79 Å². The van der Waals surface area contributed by atoms with Gasteiger partial charge in [0.25, 0.3) is 5.91 Å². The zero-order valence-corrected chi connectivity index (χ0v) is 13.4. The van der Waals surface area contributed by atoms with Crippen LogP contribution in [0, 0.1) is 0 Å². The van der Waals surface area contributed by atoms with Crippen LogP contribution in [0.2, 0.25) is 0 Å². The summed E-state index contributed by atoms with van der Waals surface area (Å²) in [6.45, 7) is 1.82. The number of ether oxygens (including phenoxy) is 1. The molecule has 0 aliphatic rings. The van der Waals surface area contributed by atoms with Crippen LogP contribution >= 0.6 is 0 Å². The van der Waals surface area contributed by atoms with Crippen molar-refractivity contribution in [1.29, 1.82) is 0 Å². The predicted octanol–water partition coefficient (Wildman–Crippen LogP) is 2.50. The molecule has 5 heteroatoms. The van der Waals surface area contributed by atoms with E-state index in [1.54, 1.807) is 25.4 Å². The summed E-state index contributed by atoms with van der Waals surface area (Å²) >= 11 is 0. The van der Waals surface area contributed by atoms with E-state index < -0.39 is 0 Å². The Morgan fingerprint density at radius 1 is 1.17 bits per heavy atom. The van der Waals surface area contributed by atoms with Crippen LogP contribution in [0.3, 0.4) is 0 Å². The van der Waals surface area contributed by atoms with Crippen LogP contribution in [0.4, 0.5) is 5.82 Å². The van der Waals surface area contributed by atoms with Gasteiger partial charge in [0.1, 0.15) is 5.82 Å². The Kier molecular flexibility index (Phi) is 7.07. The largest absolute Gasteiger partial charge is 0.383 e. The second-order valence-electron chi connectivity index (χ2n) is 5.19. The van der Waals surface area contributed by atoms with Crippen LogP contribution in [0.1, 0.15) is 22.3 Å². The fourth-order valence-corrected chi connectivity index (χ4v) is 2.19. The van der Waals surface area contributed by atoms with E-state index in [2.05, 4.69) is 39.9 Å². The molecule has 0 aliphatic carbocycles. The number of aryl methyl sites for hydroxylation is 1. The van der Waals surface area contributed by atoms with Crippen LogP contribution in [-0.2, 0) is 11.2 Å². The highest BCUT2D eigenvalue weighted by atomic mass is 16.5. The first-order chi connectivity index (χ1) is 11.3. The molecule has 0 fully saturated rings. The molecule has 23 heavy (non-hydrogen) atoms. The zero-order valence-electron chi connectivity index (χ0n) is 13.4. The topological polar surface area (TPSA) is 63.2 Å². The highest BCUT2D eigenvalue weighted by molar-refractivity contribution is 5.94. The third kappa shape index (κ3) is 6.08. The van der Waals surface area contributed by atoms with E-state index in [4.69, 9.17) is 4.74 Å². The summed E-state index contributed by atoms with van der Waals surface area (Å²) in [7, 11) is 1.61. The minimum Gasteiger partial charge on any atom is -0.383 e. The molecule has 2 aromatic rings. The Hall–Kier alpha value is -2.40. The van der Waals surface area contributed by atoms with E-state index in [-0.39, 0.29) is 5.91 Å². The number of hydrogen-bond donors (Lipinski definition) is 2. The fourth-order valence-electron chi connectivity index (χ4n) is 2.19. The van der Waals surface area contributed by atoms with Crippen molar-refractivity contribution in [2.45, 2.75) is 12.8 Å². The van der Waals surface area contributed by atoms with Crippen molar-refractivity contribution in [2.75, 3.05) is 32.1 Å². The summed E-state index contributed by atoms with van der Waals surface area (Å²) in [5, 5.41) is 6.06. The van der Waals surface area contributed by atoms with Crippen molar-refractivity contribution in [3.8, 4) is 0 Å². The number of methoxy groups -OCH3 is 1. The highest BCUT2D eigenvalue weighted by Gasteiger charge is 2.06. The van der Waals surface area contributed by atoms with Gasteiger partial charge in [-0.1, -0.05) is 30.3 Å². The van der Waals surface area contributed by atoms with Gasteiger partial charge in [0.15, 0.2) is 0 Å². The van der Waals surface area contributed by atoms with Crippen molar-refractivity contribution >= 4 is 11.7 Å². The number of benzene rings is 1. The molecule has 0 saturated heterocycles. The molecule has 5 nitrogen and oxygen atoms in total. The molecule has 0 radical (unpaired) electrons. The number of amides is 1. The SMILES string of the molecule is COCCNC(=O)c1ccnc(NCCCc2ccccc2)c1. The van der Waals surface area contributed by atoms with Crippen LogP contribution < -0.4 is 10.6 Å². The Labute approximate surface area is 137 Å². The Bertz CT molecular complexity index is 602. The fraction of sp³-hybridized carbons (Fsp3) is 0.333. The van der Waals surface area contributed by atoms with Crippen molar-refractivity contribution in [2.24, 2.45) is 0 Å². The molecule has 122 valence electrons. The van der Waals surface area contributed by atoms with Gasteiger partial charge in [-0.05, 0) is 30.5 Å². The van der Waals surface area contributed by atoms with E-state index >= 15 is 0 Å². The first kappa shape index (κ1) is 17.0. The summed E-state index contributed by atoms with van der Waals surface area (Å²) in [6, 6.07) is 13.9. The van der Waals surface area contributed by atoms with Gasteiger partial charge in [-0.2, -0.15) is 0 Å². The first-order valence-corrected chi connectivity index (χ1v) is 7.80. The van der Waals surface area contributed by atoms with E-state index in [0.717, 1.165) is 25.2 Å². The Morgan fingerprint density at radius 3 is 2.78 bits per heavy atom. The molecular weight excluding hydrogens is 290 g/mol. The monoisotopic (exact) mass is 313 g/mol. The Morgan fingerprint density at radius 2 is 2.00 bits per heavy atom. The normalized spacial score (nSPS) is 10.3. The molecule has 1 aromatic heterocycles. The van der Waals surface area contributed by atoms with E-state index in [0.29, 0.717) is 18.7 Å². The lowest BCUT2D eigenvalue weighted by Crippen LogP contribution is -2.27. The number of pyridine rings is 1. The van der Waals surface area contributed by atoms with Gasteiger partial charge < -0.3 is 15.4 Å². The van der Waals surface area contributed by atoms with Crippen LogP contribution in [0.5, 0.6) is 0 Å². The van der Waals surface area contributed by atoms with Crippen molar-refractivity contribution in [1.82, 2.24) is 10.3 Å². The van der Waals surface area contributed by atoms with Gasteiger partial charge in [-0.25, -0.2) is 4.98 Å². The number of hydrogen-bond acceptors (Lipinski definition) is 4. The number of nitrogens with zero attached hydrogens (tertiary/aromatic N) is 1. The maximum atomic E-state index is 12.0. The van der Waals surface area contributed by atoms with E-state index in [1.165, 1.54) is 5.56 Å². The third-order valence-electron chi connectivity index (χ3n) is 3.41. The van der Waals surface area contributed by atoms with E-state index in [9.17, 15) is 4.79 Å². The summed E-state index contributed by atoms with van der Waals surface area (Å²) < 4.78 is 4.91. The number of carbonyl (C=O) groups excluding carboxylic acids is 1. The van der Waals surface area contributed by atoms with Crippen LogP contribution in [0.25, 0.3) is 0 Å². The summed E-state index contributed by atoms with van der Waals surface area (Å²) in [5.74, 6) is 0.606. The highest BCUT2D eigenvalue weighted by Crippen LogP contribution is 2.08. The van der Waals surface area contributed by atoms with Gasteiger partial charge in [0.2, 0.25) is 0 Å². The molecule has 0 unspecified atom stereocenters. The number of nitrogens with one attached hydrogen (secondary N) is 2. The van der Waals surface area contributed by atoms with Gasteiger partial charge in [0, 0.05) is 32.0 Å². The maximum Gasteiger partial charge on any atom is 0.251 e. The van der Waals surface area contributed by atoms with Crippen molar-refractivity contribution in [3.05, 3.63) is 59.8 Å². The minimum absolute atomic E-state index is 0.114. The molecule has 0 bridgehead atoms. The quantitative estimate of drug-likeness (QED) is 0.698. The second kappa shape index (κ2) is 9.58. The Balaban J connectivity index is 1.77. The number of aromatic nitrogens is 1. The lowest BCUT2D eigenvalue weighted by molar-refractivity contribution is 0.0937. The zero-order chi connectivity index (χ0) is 16.3. The predicted molar refractivity (Wildman–Crippen MR) is 91.7 cm³/mol. The lowest BCUT2D eigenvalue weighted by Gasteiger charge is -2.08. The van der Waals surface area contributed by atoms with Crippen molar-refractivity contribution < 1.29 is 9.53 Å². The number of carbonyl (C=O) groups is 1. The average Bonchev–Trinajstić information content (AvgIpc) is 2.60. The lowest BCUT2D eigenvalue weighted by atomic mass is 10.1. The van der Waals surface area contributed by atoms with Gasteiger partial charge in [-0.15, -0.1) is 0 Å². The maximum absolute atomic E-state index is 12.0. The molecule has 0 aliphatic heterocycles. The average molecular weight is 313 g/mol. The standard InChI is InChI=1S/C18H23N3O2/c1-23-13-12-21-18(22)16-9-11-20-17(14-16)19-10-5-8-15-6-3-2-4-7-15/h2-4,6-7,9,11,14H,5,8,10,12-13H2,1H3,(H,19,20)(H,21,22). The number of anilines is 1. The van der Waals surface area contributed by atoms with Gasteiger partial charge >= 0.3 is 0 Å². The molecule has 1 aromatic carbocycles. The van der Waals surface area contributed by atoms with Gasteiger partial charge in [0.05, 0.1) is 6.61 Å². The molecule has 2 rings (SSSR count). The molecule has 0 saturated carbocycles. The molecule has 1 heterocycles. The minimum atomic E-state index is -0.114. The molecule has 0 spiro atoms. The van der Waals surface area contributed by atoms with Crippen molar-refractivity contribution in [3.63, 3.8) is 0 Å². The summed E-state index contributed by atoms with van der Waals surface area (Å²) in [4.78, 5) is 16.2. The molecule has 1 amide bonds. The number of rotatable bonds is 9.